The van der Waals surface area contributed by atoms with Gasteiger partial charge in [-0.15, -0.1) is 0 Å². The normalized spacial score (nSPS) is 10.3. The second-order valence-corrected chi connectivity index (χ2v) is 5.71. The molecular weight excluding hydrogens is 310 g/mol. The number of carbonyl (C=O) groups is 1. The summed E-state index contributed by atoms with van der Waals surface area (Å²) in [6.07, 6.45) is 2.27. The van der Waals surface area contributed by atoms with Crippen LogP contribution in [0.25, 0.3) is 0 Å². The number of benzene rings is 2. The third kappa shape index (κ3) is 5.95. The monoisotopic (exact) mass is 331 g/mol. The van der Waals surface area contributed by atoms with E-state index < -0.39 is 0 Å². The van der Waals surface area contributed by atoms with E-state index in [4.69, 9.17) is 16.3 Å². The van der Waals surface area contributed by atoms with Crippen molar-refractivity contribution in [3.05, 3.63) is 64.7 Å². The molecule has 23 heavy (non-hydrogen) atoms. The largest absolute Gasteiger partial charge is 0.490 e. The van der Waals surface area contributed by atoms with E-state index in [9.17, 15) is 4.79 Å². The van der Waals surface area contributed by atoms with E-state index in [1.165, 1.54) is 11.1 Å². The van der Waals surface area contributed by atoms with Crippen LogP contribution < -0.4 is 10.1 Å². The van der Waals surface area contributed by atoms with Crippen LogP contribution in [0.2, 0.25) is 5.02 Å². The molecule has 0 aliphatic rings. The molecule has 2 aromatic rings. The van der Waals surface area contributed by atoms with Gasteiger partial charge in [0, 0.05) is 6.42 Å². The minimum absolute atomic E-state index is 0.0346. The van der Waals surface area contributed by atoms with Gasteiger partial charge in [0.05, 0.1) is 11.6 Å². The predicted octanol–water partition coefficient (Wildman–Crippen LogP) is 4.03. The third-order valence-electron chi connectivity index (χ3n) is 3.59. The van der Waals surface area contributed by atoms with Crippen molar-refractivity contribution in [1.82, 2.24) is 5.32 Å². The summed E-state index contributed by atoms with van der Waals surface area (Å²) >= 11 is 5.99. The third-order valence-corrected chi connectivity index (χ3v) is 3.90. The van der Waals surface area contributed by atoms with Crippen molar-refractivity contribution in [3.63, 3.8) is 0 Å². The first-order chi connectivity index (χ1) is 11.2. The fourth-order valence-corrected chi connectivity index (χ4v) is 2.39. The van der Waals surface area contributed by atoms with Crippen LogP contribution in [0, 0.1) is 0 Å². The Morgan fingerprint density at radius 3 is 2.48 bits per heavy atom. The van der Waals surface area contributed by atoms with Gasteiger partial charge in [0.2, 0.25) is 5.91 Å². The second-order valence-electron chi connectivity index (χ2n) is 5.30. The SMILES string of the molecule is CCc1ccc(CCC(=O)NCCOc2ccccc2Cl)cc1. The lowest BCUT2D eigenvalue weighted by Gasteiger charge is -2.09. The molecule has 0 atom stereocenters. The summed E-state index contributed by atoms with van der Waals surface area (Å²) in [6.45, 7) is 3.01. The van der Waals surface area contributed by atoms with E-state index >= 15 is 0 Å². The van der Waals surface area contributed by atoms with Crippen molar-refractivity contribution in [2.75, 3.05) is 13.2 Å². The van der Waals surface area contributed by atoms with E-state index in [0.29, 0.717) is 30.3 Å². The molecule has 0 saturated heterocycles. The number of hydrogen-bond donors (Lipinski definition) is 1. The molecule has 2 rings (SSSR count). The van der Waals surface area contributed by atoms with Gasteiger partial charge in [0.15, 0.2) is 0 Å². The van der Waals surface area contributed by atoms with Gasteiger partial charge in [0.1, 0.15) is 12.4 Å². The van der Waals surface area contributed by atoms with Crippen molar-refractivity contribution in [2.24, 2.45) is 0 Å². The van der Waals surface area contributed by atoms with Crippen LogP contribution in [-0.2, 0) is 17.6 Å². The van der Waals surface area contributed by atoms with E-state index in [1.807, 2.05) is 18.2 Å². The minimum atomic E-state index is 0.0346. The summed E-state index contributed by atoms with van der Waals surface area (Å²) in [7, 11) is 0. The van der Waals surface area contributed by atoms with Crippen LogP contribution in [0.1, 0.15) is 24.5 Å². The van der Waals surface area contributed by atoms with E-state index in [1.54, 1.807) is 6.07 Å². The van der Waals surface area contributed by atoms with Crippen molar-refractivity contribution in [3.8, 4) is 5.75 Å². The van der Waals surface area contributed by atoms with Crippen LogP contribution in [0.5, 0.6) is 5.75 Å². The molecule has 1 N–H and O–H groups in total. The summed E-state index contributed by atoms with van der Waals surface area (Å²) < 4.78 is 5.53. The minimum Gasteiger partial charge on any atom is -0.490 e. The molecule has 2 aromatic carbocycles. The first-order valence-electron chi connectivity index (χ1n) is 7.91. The molecule has 0 radical (unpaired) electrons. The van der Waals surface area contributed by atoms with Gasteiger partial charge < -0.3 is 10.1 Å². The molecular formula is C19H22ClNO2. The maximum atomic E-state index is 11.8. The van der Waals surface area contributed by atoms with Gasteiger partial charge in [-0.05, 0) is 36.1 Å². The molecule has 0 heterocycles. The zero-order valence-electron chi connectivity index (χ0n) is 13.3. The number of hydrogen-bond acceptors (Lipinski definition) is 2. The zero-order valence-corrected chi connectivity index (χ0v) is 14.1. The maximum absolute atomic E-state index is 11.8. The lowest BCUT2D eigenvalue weighted by atomic mass is 10.1. The Labute approximate surface area is 142 Å². The summed E-state index contributed by atoms with van der Waals surface area (Å²) in [5, 5.41) is 3.44. The number of halogens is 1. The first kappa shape index (κ1) is 17.4. The maximum Gasteiger partial charge on any atom is 0.220 e. The highest BCUT2D eigenvalue weighted by molar-refractivity contribution is 6.32. The lowest BCUT2D eigenvalue weighted by molar-refractivity contribution is -0.121. The molecule has 1 amide bonds. The molecule has 122 valence electrons. The van der Waals surface area contributed by atoms with Gasteiger partial charge in [-0.2, -0.15) is 0 Å². The van der Waals surface area contributed by atoms with Crippen LogP contribution in [0.15, 0.2) is 48.5 Å². The Kier molecular flexibility index (Phi) is 6.95. The van der Waals surface area contributed by atoms with Crippen molar-refractivity contribution in [1.29, 1.82) is 0 Å². The highest BCUT2D eigenvalue weighted by atomic mass is 35.5. The number of carbonyl (C=O) groups excluding carboxylic acids is 1. The molecule has 0 saturated carbocycles. The van der Waals surface area contributed by atoms with Gasteiger partial charge in [-0.25, -0.2) is 0 Å². The quantitative estimate of drug-likeness (QED) is 0.742. The Bertz CT molecular complexity index is 626. The van der Waals surface area contributed by atoms with Gasteiger partial charge >= 0.3 is 0 Å². The van der Waals surface area contributed by atoms with E-state index in [-0.39, 0.29) is 5.91 Å². The van der Waals surface area contributed by atoms with Crippen LogP contribution in [0.3, 0.4) is 0 Å². The fourth-order valence-electron chi connectivity index (χ4n) is 2.20. The first-order valence-corrected chi connectivity index (χ1v) is 8.28. The number of para-hydroxylation sites is 1. The molecule has 0 aliphatic carbocycles. The highest BCUT2D eigenvalue weighted by Gasteiger charge is 2.03. The average molecular weight is 332 g/mol. The molecule has 0 fully saturated rings. The highest BCUT2D eigenvalue weighted by Crippen LogP contribution is 2.22. The summed E-state index contributed by atoms with van der Waals surface area (Å²) in [6, 6.07) is 15.7. The average Bonchev–Trinajstić information content (AvgIpc) is 2.59. The zero-order chi connectivity index (χ0) is 16.5. The topological polar surface area (TPSA) is 38.3 Å². The Morgan fingerprint density at radius 1 is 1.09 bits per heavy atom. The smallest absolute Gasteiger partial charge is 0.220 e. The Balaban J connectivity index is 1.64. The summed E-state index contributed by atoms with van der Waals surface area (Å²) in [5.74, 6) is 0.673. The number of ether oxygens (including phenoxy) is 1. The molecule has 0 unspecified atom stereocenters. The molecule has 0 bridgehead atoms. The van der Waals surface area contributed by atoms with Gasteiger partial charge in [0.25, 0.3) is 0 Å². The number of rotatable bonds is 8. The summed E-state index contributed by atoms with van der Waals surface area (Å²) in [4.78, 5) is 11.8. The Hall–Kier alpha value is -2.00. The van der Waals surface area contributed by atoms with Gasteiger partial charge in [-0.3, -0.25) is 4.79 Å². The van der Waals surface area contributed by atoms with Crippen molar-refractivity contribution < 1.29 is 9.53 Å². The van der Waals surface area contributed by atoms with Crippen LogP contribution >= 0.6 is 11.6 Å². The molecule has 0 aromatic heterocycles. The van der Waals surface area contributed by atoms with Crippen molar-refractivity contribution >= 4 is 17.5 Å². The van der Waals surface area contributed by atoms with Crippen LogP contribution in [-0.4, -0.2) is 19.1 Å². The molecule has 4 heteroatoms. The lowest BCUT2D eigenvalue weighted by Crippen LogP contribution is -2.28. The Morgan fingerprint density at radius 2 is 1.78 bits per heavy atom. The molecule has 3 nitrogen and oxygen atoms in total. The molecule has 0 aliphatic heterocycles. The van der Waals surface area contributed by atoms with E-state index in [2.05, 4.69) is 36.5 Å². The van der Waals surface area contributed by atoms with Crippen molar-refractivity contribution in [2.45, 2.75) is 26.2 Å². The standard InChI is InChI=1S/C19H22ClNO2/c1-2-15-7-9-16(10-8-15)11-12-19(22)21-13-14-23-18-6-4-3-5-17(18)20/h3-10H,2,11-14H2,1H3,(H,21,22). The van der Waals surface area contributed by atoms with E-state index in [0.717, 1.165) is 12.8 Å². The molecule has 0 spiro atoms. The number of aryl methyl sites for hydroxylation is 2. The van der Waals surface area contributed by atoms with Gasteiger partial charge in [-0.1, -0.05) is 54.9 Å². The summed E-state index contributed by atoms with van der Waals surface area (Å²) in [5.41, 5.74) is 2.50. The fraction of sp³-hybridized carbons (Fsp3) is 0.316. The second kappa shape index (κ2) is 9.21. The number of nitrogens with one attached hydrogen (secondary N) is 1. The van der Waals surface area contributed by atoms with Crippen LogP contribution in [0.4, 0.5) is 0 Å². The number of amides is 1. The predicted molar refractivity (Wildman–Crippen MR) is 94.1 cm³/mol.